The lowest BCUT2D eigenvalue weighted by molar-refractivity contribution is 0.0850. The summed E-state index contributed by atoms with van der Waals surface area (Å²) in [5, 5.41) is 8.84. The molecule has 3 nitrogen and oxygen atoms in total. The van der Waals surface area contributed by atoms with E-state index in [4.69, 9.17) is 10.00 Å². The minimum absolute atomic E-state index is 0.0960. The van der Waals surface area contributed by atoms with Gasteiger partial charge in [-0.15, -0.1) is 0 Å². The Balaban J connectivity index is 1.66. The van der Waals surface area contributed by atoms with Crippen LogP contribution in [0.15, 0.2) is 48.5 Å². The second kappa shape index (κ2) is 4.28. The number of hydrogen-bond donors (Lipinski definition) is 0. The summed E-state index contributed by atoms with van der Waals surface area (Å²) < 4.78 is 5.84. The van der Waals surface area contributed by atoms with Crippen molar-refractivity contribution in [1.29, 1.82) is 5.26 Å². The van der Waals surface area contributed by atoms with Crippen LogP contribution in [-0.2, 0) is 11.2 Å². The smallest absolute Gasteiger partial charge is 0.198 e. The number of epoxide rings is 1. The fraction of sp³-hybridized carbons (Fsp3) is 0.222. The SMILES string of the molecule is N#Cc1ccc([C@@H]2O[C@]23CCc2ccccc2C3=O)cc1. The lowest BCUT2D eigenvalue weighted by Crippen LogP contribution is -2.31. The zero-order chi connectivity index (χ0) is 14.4. The van der Waals surface area contributed by atoms with Crippen LogP contribution in [0.5, 0.6) is 0 Å². The van der Waals surface area contributed by atoms with Crippen molar-refractivity contribution in [1.82, 2.24) is 0 Å². The van der Waals surface area contributed by atoms with E-state index in [2.05, 4.69) is 6.07 Å². The number of ketones is 1. The Kier molecular flexibility index (Phi) is 2.51. The lowest BCUT2D eigenvalue weighted by Gasteiger charge is -2.20. The minimum Gasteiger partial charge on any atom is -0.352 e. The summed E-state index contributed by atoms with van der Waals surface area (Å²) in [6.45, 7) is 0. The van der Waals surface area contributed by atoms with Gasteiger partial charge in [-0.2, -0.15) is 5.26 Å². The van der Waals surface area contributed by atoms with Gasteiger partial charge in [0.1, 0.15) is 6.10 Å². The molecule has 3 heteroatoms. The van der Waals surface area contributed by atoms with Crippen molar-refractivity contribution >= 4 is 5.78 Å². The highest BCUT2D eigenvalue weighted by molar-refractivity contribution is 6.07. The quantitative estimate of drug-likeness (QED) is 0.751. The van der Waals surface area contributed by atoms with Crippen LogP contribution in [0.1, 0.15) is 39.6 Å². The van der Waals surface area contributed by atoms with E-state index in [0.29, 0.717) is 5.56 Å². The highest BCUT2D eigenvalue weighted by atomic mass is 16.6. The maximum Gasteiger partial charge on any atom is 0.198 e. The third-order valence-corrected chi connectivity index (χ3v) is 4.45. The molecule has 4 rings (SSSR count). The van der Waals surface area contributed by atoms with E-state index in [0.717, 1.165) is 29.5 Å². The molecule has 2 aliphatic rings. The van der Waals surface area contributed by atoms with Crippen LogP contribution in [-0.4, -0.2) is 11.4 Å². The van der Waals surface area contributed by atoms with Gasteiger partial charge in [-0.05, 0) is 36.1 Å². The third kappa shape index (κ3) is 1.73. The van der Waals surface area contributed by atoms with Crippen LogP contribution in [0, 0.1) is 11.3 Å². The molecule has 102 valence electrons. The van der Waals surface area contributed by atoms with Gasteiger partial charge in [0.05, 0.1) is 11.6 Å². The fourth-order valence-electron chi connectivity index (χ4n) is 3.23. The first-order valence-electron chi connectivity index (χ1n) is 7.05. The number of aryl methyl sites for hydroxylation is 1. The van der Waals surface area contributed by atoms with Crippen LogP contribution in [0.4, 0.5) is 0 Å². The van der Waals surface area contributed by atoms with Crippen molar-refractivity contribution < 1.29 is 9.53 Å². The minimum atomic E-state index is -0.678. The molecule has 1 fully saturated rings. The predicted molar refractivity (Wildman–Crippen MR) is 76.8 cm³/mol. The van der Waals surface area contributed by atoms with E-state index in [-0.39, 0.29) is 11.9 Å². The van der Waals surface area contributed by atoms with Gasteiger partial charge >= 0.3 is 0 Å². The molecule has 1 heterocycles. The second-order valence-corrected chi connectivity index (χ2v) is 5.61. The number of carbonyl (C=O) groups excluding carboxylic acids is 1. The maximum atomic E-state index is 12.7. The second-order valence-electron chi connectivity index (χ2n) is 5.61. The Labute approximate surface area is 122 Å². The molecule has 0 aromatic heterocycles. The van der Waals surface area contributed by atoms with Crippen molar-refractivity contribution in [2.75, 3.05) is 0 Å². The summed E-state index contributed by atoms with van der Waals surface area (Å²) >= 11 is 0. The largest absolute Gasteiger partial charge is 0.352 e. The van der Waals surface area contributed by atoms with Crippen molar-refractivity contribution in [3.8, 4) is 6.07 Å². The number of Topliss-reactive ketones (excluding diaryl/α,β-unsaturated/α-hetero) is 1. The van der Waals surface area contributed by atoms with E-state index in [1.807, 2.05) is 36.4 Å². The first-order chi connectivity index (χ1) is 10.2. The van der Waals surface area contributed by atoms with Crippen LogP contribution in [0.25, 0.3) is 0 Å². The standard InChI is InChI=1S/C18H13NO2/c19-11-12-5-7-14(8-6-12)17-18(21-17)10-9-13-3-1-2-4-15(13)16(18)20/h1-8,17H,9-10H2/t17-,18-/m0/s1. The third-order valence-electron chi connectivity index (χ3n) is 4.45. The molecule has 0 amide bonds. The van der Waals surface area contributed by atoms with Gasteiger partial charge in [0.15, 0.2) is 11.4 Å². The number of hydrogen-bond acceptors (Lipinski definition) is 3. The topological polar surface area (TPSA) is 53.4 Å². The summed E-state index contributed by atoms with van der Waals surface area (Å²) in [7, 11) is 0. The summed E-state index contributed by atoms with van der Waals surface area (Å²) in [5.74, 6) is 0.0960. The lowest BCUT2D eigenvalue weighted by atomic mass is 9.79. The summed E-state index contributed by atoms with van der Waals surface area (Å²) in [6.07, 6.45) is 1.42. The Morgan fingerprint density at radius 3 is 2.67 bits per heavy atom. The molecule has 0 N–H and O–H groups in total. The molecule has 0 radical (unpaired) electrons. The van der Waals surface area contributed by atoms with Gasteiger partial charge in [-0.1, -0.05) is 36.4 Å². The van der Waals surface area contributed by atoms with E-state index in [1.165, 1.54) is 0 Å². The Morgan fingerprint density at radius 1 is 1.14 bits per heavy atom. The molecular weight excluding hydrogens is 262 g/mol. The van der Waals surface area contributed by atoms with E-state index in [9.17, 15) is 4.79 Å². The first-order valence-corrected chi connectivity index (χ1v) is 7.05. The average molecular weight is 275 g/mol. The van der Waals surface area contributed by atoms with Gasteiger partial charge in [0.2, 0.25) is 0 Å². The number of carbonyl (C=O) groups is 1. The molecule has 1 aliphatic heterocycles. The van der Waals surface area contributed by atoms with Gasteiger partial charge in [-0.25, -0.2) is 0 Å². The molecule has 2 aromatic rings. The molecular formula is C18H13NO2. The molecule has 1 saturated heterocycles. The molecule has 2 atom stereocenters. The Hall–Kier alpha value is -2.44. The zero-order valence-corrected chi connectivity index (χ0v) is 11.4. The number of nitriles is 1. The Morgan fingerprint density at radius 2 is 1.90 bits per heavy atom. The van der Waals surface area contributed by atoms with Gasteiger partial charge in [-0.3, -0.25) is 4.79 Å². The molecule has 0 unspecified atom stereocenters. The molecule has 1 aliphatic carbocycles. The highest BCUT2D eigenvalue weighted by Gasteiger charge is 2.63. The van der Waals surface area contributed by atoms with Gasteiger partial charge in [0.25, 0.3) is 0 Å². The van der Waals surface area contributed by atoms with Gasteiger partial charge in [0, 0.05) is 5.56 Å². The molecule has 0 saturated carbocycles. The molecule has 2 aromatic carbocycles. The zero-order valence-electron chi connectivity index (χ0n) is 11.4. The summed E-state index contributed by atoms with van der Waals surface area (Å²) in [4.78, 5) is 12.7. The number of rotatable bonds is 1. The van der Waals surface area contributed by atoms with Crippen molar-refractivity contribution in [2.45, 2.75) is 24.5 Å². The molecule has 21 heavy (non-hydrogen) atoms. The monoisotopic (exact) mass is 275 g/mol. The summed E-state index contributed by atoms with van der Waals surface area (Å²) in [5.41, 5.74) is 2.82. The van der Waals surface area contributed by atoms with Crippen molar-refractivity contribution in [3.63, 3.8) is 0 Å². The van der Waals surface area contributed by atoms with Crippen LogP contribution >= 0.6 is 0 Å². The van der Waals surface area contributed by atoms with Crippen LogP contribution < -0.4 is 0 Å². The van der Waals surface area contributed by atoms with Crippen molar-refractivity contribution in [3.05, 3.63) is 70.8 Å². The number of nitrogens with zero attached hydrogens (tertiary/aromatic N) is 1. The highest BCUT2D eigenvalue weighted by Crippen LogP contribution is 2.56. The number of fused-ring (bicyclic) bond motifs is 1. The van der Waals surface area contributed by atoms with Crippen LogP contribution in [0.2, 0.25) is 0 Å². The van der Waals surface area contributed by atoms with E-state index in [1.54, 1.807) is 12.1 Å². The molecule has 1 spiro atoms. The normalized spacial score (nSPS) is 26.2. The predicted octanol–water partition coefficient (Wildman–Crippen LogP) is 3.20. The van der Waals surface area contributed by atoms with E-state index >= 15 is 0 Å². The number of benzene rings is 2. The van der Waals surface area contributed by atoms with Crippen molar-refractivity contribution in [2.24, 2.45) is 0 Å². The summed E-state index contributed by atoms with van der Waals surface area (Å²) in [6, 6.07) is 17.2. The first kappa shape index (κ1) is 12.3. The Bertz CT molecular complexity index is 773. The van der Waals surface area contributed by atoms with Gasteiger partial charge < -0.3 is 4.74 Å². The average Bonchev–Trinajstić information content (AvgIpc) is 3.27. The fourth-order valence-corrected chi connectivity index (χ4v) is 3.23. The number of ether oxygens (including phenoxy) is 1. The maximum absolute atomic E-state index is 12.7. The van der Waals surface area contributed by atoms with E-state index < -0.39 is 5.60 Å². The van der Waals surface area contributed by atoms with Crippen LogP contribution in [0.3, 0.4) is 0 Å². The molecule has 0 bridgehead atoms.